The van der Waals surface area contributed by atoms with Crippen LogP contribution in [0.15, 0.2) is 59.6 Å². The third-order valence-electron chi connectivity index (χ3n) is 4.87. The summed E-state index contributed by atoms with van der Waals surface area (Å²) in [6, 6.07) is 17.6. The van der Waals surface area contributed by atoms with Crippen molar-refractivity contribution in [3.63, 3.8) is 0 Å². The third-order valence-corrected chi connectivity index (χ3v) is 4.87. The van der Waals surface area contributed by atoms with Crippen LogP contribution in [0.25, 0.3) is 0 Å². The Hall–Kier alpha value is -3.35. The molecule has 7 nitrogen and oxygen atoms in total. The van der Waals surface area contributed by atoms with Gasteiger partial charge in [-0.3, -0.25) is 14.6 Å². The third kappa shape index (κ3) is 7.77. The van der Waals surface area contributed by atoms with E-state index in [1.807, 2.05) is 66.4 Å². The fourth-order valence-electron chi connectivity index (χ4n) is 3.12. The molecule has 166 valence electrons. The smallest absolute Gasteiger partial charge is 0.253 e. The Balaban J connectivity index is 1.81. The Labute approximate surface area is 185 Å². The van der Waals surface area contributed by atoms with Crippen LogP contribution in [0.3, 0.4) is 0 Å². The van der Waals surface area contributed by atoms with Crippen LogP contribution in [0.1, 0.15) is 28.4 Å². The largest absolute Gasteiger partial charge is 0.356 e. The van der Waals surface area contributed by atoms with Crippen LogP contribution in [0, 0.1) is 0 Å². The summed E-state index contributed by atoms with van der Waals surface area (Å²) < 4.78 is 0. The first kappa shape index (κ1) is 23.9. The summed E-state index contributed by atoms with van der Waals surface area (Å²) in [6.45, 7) is 4.01. The van der Waals surface area contributed by atoms with E-state index in [4.69, 9.17) is 0 Å². The van der Waals surface area contributed by atoms with Gasteiger partial charge < -0.3 is 20.4 Å². The average Bonchev–Trinajstić information content (AvgIpc) is 2.79. The van der Waals surface area contributed by atoms with Gasteiger partial charge in [0, 0.05) is 46.3 Å². The molecular weight excluding hydrogens is 390 g/mol. The second-order valence-electron chi connectivity index (χ2n) is 7.40. The lowest BCUT2D eigenvalue weighted by Gasteiger charge is -2.22. The van der Waals surface area contributed by atoms with E-state index in [-0.39, 0.29) is 18.4 Å². The van der Waals surface area contributed by atoms with E-state index >= 15 is 0 Å². The molecule has 0 unspecified atom stereocenters. The minimum Gasteiger partial charge on any atom is -0.356 e. The van der Waals surface area contributed by atoms with Crippen molar-refractivity contribution in [2.24, 2.45) is 4.99 Å². The van der Waals surface area contributed by atoms with Crippen molar-refractivity contribution in [3.05, 3.63) is 71.3 Å². The molecule has 0 saturated carbocycles. The van der Waals surface area contributed by atoms with Crippen molar-refractivity contribution in [1.29, 1.82) is 0 Å². The van der Waals surface area contributed by atoms with Gasteiger partial charge in [0.1, 0.15) is 0 Å². The lowest BCUT2D eigenvalue weighted by atomic mass is 10.1. The summed E-state index contributed by atoms with van der Waals surface area (Å²) in [7, 11) is 5.16. The predicted octanol–water partition coefficient (Wildman–Crippen LogP) is 2.14. The van der Waals surface area contributed by atoms with E-state index in [2.05, 4.69) is 15.6 Å². The van der Waals surface area contributed by atoms with Gasteiger partial charge in [0.2, 0.25) is 5.91 Å². The normalized spacial score (nSPS) is 11.0. The van der Waals surface area contributed by atoms with Crippen molar-refractivity contribution in [3.8, 4) is 0 Å². The van der Waals surface area contributed by atoms with Crippen molar-refractivity contribution < 1.29 is 9.59 Å². The van der Waals surface area contributed by atoms with Gasteiger partial charge >= 0.3 is 0 Å². The van der Waals surface area contributed by atoms with Crippen LogP contribution in [0.4, 0.5) is 0 Å². The minimum absolute atomic E-state index is 0.0122. The van der Waals surface area contributed by atoms with Gasteiger partial charge in [-0.15, -0.1) is 0 Å². The Morgan fingerprint density at radius 2 is 1.68 bits per heavy atom. The molecule has 0 spiro atoms. The monoisotopic (exact) mass is 423 g/mol. The number of guanidine groups is 1. The standard InChI is InChI=1S/C24H33N5O2/c1-5-29(18-20-10-7-6-8-11-20)22(30)17-27-24(25-2)26-15-14-19-12-9-13-21(16-19)23(31)28(3)4/h6-13,16H,5,14-15,17-18H2,1-4H3,(H2,25,26,27). The molecule has 31 heavy (non-hydrogen) atoms. The second kappa shape index (κ2) is 12.4. The number of carbonyl (C=O) groups excluding carboxylic acids is 2. The topological polar surface area (TPSA) is 77.0 Å². The van der Waals surface area contributed by atoms with Crippen molar-refractivity contribution >= 4 is 17.8 Å². The van der Waals surface area contributed by atoms with Gasteiger partial charge in [-0.05, 0) is 36.6 Å². The van der Waals surface area contributed by atoms with Gasteiger partial charge in [-0.2, -0.15) is 0 Å². The van der Waals surface area contributed by atoms with Gasteiger partial charge in [0.05, 0.1) is 6.54 Å². The minimum atomic E-state index is -0.0122. The molecule has 0 bridgehead atoms. The van der Waals surface area contributed by atoms with E-state index in [9.17, 15) is 9.59 Å². The van der Waals surface area contributed by atoms with Crippen LogP contribution >= 0.6 is 0 Å². The van der Waals surface area contributed by atoms with Crippen LogP contribution in [0.2, 0.25) is 0 Å². The molecule has 2 aromatic rings. The Bertz CT molecular complexity index is 881. The lowest BCUT2D eigenvalue weighted by molar-refractivity contribution is -0.130. The quantitative estimate of drug-likeness (QED) is 0.479. The summed E-state index contributed by atoms with van der Waals surface area (Å²) in [4.78, 5) is 32.3. The van der Waals surface area contributed by atoms with Crippen molar-refractivity contribution in [2.45, 2.75) is 19.9 Å². The maximum Gasteiger partial charge on any atom is 0.253 e. The molecule has 0 aliphatic rings. The van der Waals surface area contributed by atoms with E-state index < -0.39 is 0 Å². The molecule has 2 aromatic carbocycles. The molecule has 2 N–H and O–H groups in total. The molecule has 2 rings (SSSR count). The van der Waals surface area contributed by atoms with Crippen LogP contribution in [0.5, 0.6) is 0 Å². The van der Waals surface area contributed by atoms with Crippen LogP contribution in [-0.2, 0) is 17.8 Å². The van der Waals surface area contributed by atoms with E-state index in [0.717, 1.165) is 17.5 Å². The number of nitrogens with one attached hydrogen (secondary N) is 2. The summed E-state index contributed by atoms with van der Waals surface area (Å²) in [5.41, 5.74) is 2.84. The van der Waals surface area contributed by atoms with Gasteiger partial charge in [0.25, 0.3) is 5.91 Å². The molecule has 0 atom stereocenters. The molecule has 2 amide bonds. The second-order valence-corrected chi connectivity index (χ2v) is 7.40. The highest BCUT2D eigenvalue weighted by molar-refractivity contribution is 5.94. The van der Waals surface area contributed by atoms with E-state index in [1.54, 1.807) is 26.0 Å². The molecule has 0 heterocycles. The van der Waals surface area contributed by atoms with Crippen LogP contribution in [-0.4, -0.2) is 68.4 Å². The van der Waals surface area contributed by atoms with Crippen molar-refractivity contribution in [2.75, 3.05) is 40.8 Å². The number of nitrogens with zero attached hydrogens (tertiary/aromatic N) is 3. The first-order valence-electron chi connectivity index (χ1n) is 10.5. The van der Waals surface area contributed by atoms with Gasteiger partial charge in [-0.25, -0.2) is 0 Å². The Morgan fingerprint density at radius 3 is 2.32 bits per heavy atom. The zero-order valence-corrected chi connectivity index (χ0v) is 18.9. The highest BCUT2D eigenvalue weighted by Crippen LogP contribution is 2.08. The summed E-state index contributed by atoms with van der Waals surface area (Å²) >= 11 is 0. The first-order chi connectivity index (χ1) is 14.9. The van der Waals surface area contributed by atoms with Gasteiger partial charge in [-0.1, -0.05) is 42.5 Å². The number of amides is 2. The predicted molar refractivity (Wildman–Crippen MR) is 125 cm³/mol. The SMILES string of the molecule is CCN(Cc1ccccc1)C(=O)CNC(=NC)NCCc1cccc(C(=O)N(C)C)c1. The van der Waals surface area contributed by atoms with Crippen LogP contribution < -0.4 is 10.6 Å². The fraction of sp³-hybridized carbons (Fsp3) is 0.375. The highest BCUT2D eigenvalue weighted by atomic mass is 16.2. The maximum absolute atomic E-state index is 12.6. The highest BCUT2D eigenvalue weighted by Gasteiger charge is 2.13. The number of aliphatic imine (C=N–C) groups is 1. The molecule has 0 fully saturated rings. The molecule has 0 radical (unpaired) electrons. The number of benzene rings is 2. The molecule has 7 heteroatoms. The molecule has 0 saturated heterocycles. The molecule has 0 aliphatic heterocycles. The molecular formula is C24H33N5O2. The Kier molecular flexibility index (Phi) is 9.55. The Morgan fingerprint density at radius 1 is 0.968 bits per heavy atom. The van der Waals surface area contributed by atoms with Gasteiger partial charge in [0.15, 0.2) is 5.96 Å². The average molecular weight is 424 g/mol. The number of rotatable bonds is 9. The zero-order chi connectivity index (χ0) is 22.6. The maximum atomic E-state index is 12.6. The zero-order valence-electron chi connectivity index (χ0n) is 18.9. The number of likely N-dealkylation sites (N-methyl/N-ethyl adjacent to an activating group) is 1. The summed E-state index contributed by atoms with van der Waals surface area (Å²) in [5, 5.41) is 6.31. The lowest BCUT2D eigenvalue weighted by Crippen LogP contribution is -2.44. The molecule has 0 aliphatic carbocycles. The van der Waals surface area contributed by atoms with Crippen molar-refractivity contribution in [1.82, 2.24) is 20.4 Å². The first-order valence-corrected chi connectivity index (χ1v) is 10.5. The summed E-state index contributed by atoms with van der Waals surface area (Å²) in [5.74, 6) is 0.579. The van der Waals surface area contributed by atoms with E-state index in [0.29, 0.717) is 31.2 Å². The number of hydrogen-bond donors (Lipinski definition) is 2. The van der Waals surface area contributed by atoms with E-state index in [1.165, 1.54) is 0 Å². The number of hydrogen-bond acceptors (Lipinski definition) is 3. The fourth-order valence-corrected chi connectivity index (χ4v) is 3.12. The number of carbonyl (C=O) groups is 2. The molecule has 0 aromatic heterocycles. The summed E-state index contributed by atoms with van der Waals surface area (Å²) in [6.07, 6.45) is 0.734.